The van der Waals surface area contributed by atoms with E-state index in [4.69, 9.17) is 5.73 Å². The van der Waals surface area contributed by atoms with Gasteiger partial charge in [-0.25, -0.2) is 0 Å². The number of aryl methyl sites for hydroxylation is 1. The lowest BCUT2D eigenvalue weighted by Crippen LogP contribution is -2.20. The maximum Gasteiger partial charge on any atom is 0.573 e. The van der Waals surface area contributed by atoms with Crippen LogP contribution in [0.3, 0.4) is 0 Å². The fourth-order valence-corrected chi connectivity index (χ4v) is 2.83. The van der Waals surface area contributed by atoms with Crippen LogP contribution in [0.25, 0.3) is 0 Å². The molecule has 0 aliphatic heterocycles. The summed E-state index contributed by atoms with van der Waals surface area (Å²) in [7, 11) is 0. The van der Waals surface area contributed by atoms with Gasteiger partial charge < -0.3 is 10.5 Å². The molecule has 2 aromatic rings. The minimum absolute atomic E-state index is 0.251. The molecule has 0 spiro atoms. The van der Waals surface area contributed by atoms with Gasteiger partial charge in [0, 0.05) is 15.3 Å². The first kappa shape index (κ1) is 14.9. The van der Waals surface area contributed by atoms with E-state index in [-0.39, 0.29) is 5.75 Å². The van der Waals surface area contributed by atoms with Crippen LogP contribution in [-0.2, 0) is 6.42 Å². The third-order valence-electron chi connectivity index (χ3n) is 2.82. The molecule has 1 unspecified atom stereocenters. The SMILES string of the molecule is CCc1ccc(C(N)c2ccccc2OC(F)(F)F)s1. The molecule has 108 valence electrons. The number of benzene rings is 1. The number of hydrogen-bond acceptors (Lipinski definition) is 3. The molecule has 0 radical (unpaired) electrons. The molecule has 20 heavy (non-hydrogen) atoms. The zero-order chi connectivity index (χ0) is 14.8. The molecule has 0 aliphatic carbocycles. The summed E-state index contributed by atoms with van der Waals surface area (Å²) in [6.07, 6.45) is -3.85. The first-order chi connectivity index (χ1) is 9.40. The van der Waals surface area contributed by atoms with Crippen molar-refractivity contribution in [3.63, 3.8) is 0 Å². The van der Waals surface area contributed by atoms with Crippen molar-refractivity contribution in [3.05, 3.63) is 51.7 Å². The van der Waals surface area contributed by atoms with Crippen molar-refractivity contribution in [2.75, 3.05) is 0 Å². The molecule has 2 N–H and O–H groups in total. The van der Waals surface area contributed by atoms with Crippen molar-refractivity contribution in [1.29, 1.82) is 0 Å². The highest BCUT2D eigenvalue weighted by molar-refractivity contribution is 7.12. The second-order valence-electron chi connectivity index (χ2n) is 4.22. The fourth-order valence-electron chi connectivity index (χ4n) is 1.86. The first-order valence-corrected chi connectivity index (χ1v) is 6.91. The van der Waals surface area contributed by atoms with E-state index in [1.54, 1.807) is 12.1 Å². The molecule has 2 nitrogen and oxygen atoms in total. The Balaban J connectivity index is 2.31. The zero-order valence-corrected chi connectivity index (χ0v) is 11.6. The number of ether oxygens (including phenoxy) is 1. The molecule has 0 aliphatic rings. The van der Waals surface area contributed by atoms with Crippen molar-refractivity contribution in [3.8, 4) is 5.75 Å². The summed E-state index contributed by atoms with van der Waals surface area (Å²) < 4.78 is 41.2. The van der Waals surface area contributed by atoms with Crippen LogP contribution in [0.5, 0.6) is 5.75 Å². The van der Waals surface area contributed by atoms with E-state index in [9.17, 15) is 13.2 Å². The van der Waals surface area contributed by atoms with Crippen molar-refractivity contribution in [2.24, 2.45) is 5.73 Å². The molecule has 1 aromatic heterocycles. The molecule has 2 rings (SSSR count). The highest BCUT2D eigenvalue weighted by atomic mass is 32.1. The Morgan fingerprint density at radius 3 is 2.50 bits per heavy atom. The number of thiophene rings is 1. The van der Waals surface area contributed by atoms with E-state index >= 15 is 0 Å². The van der Waals surface area contributed by atoms with Crippen LogP contribution in [0.2, 0.25) is 0 Å². The summed E-state index contributed by atoms with van der Waals surface area (Å²) in [6, 6.07) is 9.12. The predicted octanol–water partition coefficient (Wildman–Crippen LogP) is 4.26. The Kier molecular flexibility index (Phi) is 4.35. The third-order valence-corrected chi connectivity index (χ3v) is 4.13. The van der Waals surface area contributed by atoms with Gasteiger partial charge in [0.1, 0.15) is 5.75 Å². The van der Waals surface area contributed by atoms with Crippen LogP contribution in [0.4, 0.5) is 13.2 Å². The number of rotatable bonds is 4. The van der Waals surface area contributed by atoms with Crippen LogP contribution in [0, 0.1) is 0 Å². The Bertz CT molecular complexity index is 580. The Labute approximate surface area is 119 Å². The van der Waals surface area contributed by atoms with Crippen molar-refractivity contribution in [2.45, 2.75) is 25.7 Å². The van der Waals surface area contributed by atoms with Gasteiger partial charge in [0.05, 0.1) is 6.04 Å². The summed E-state index contributed by atoms with van der Waals surface area (Å²) in [6.45, 7) is 2.02. The van der Waals surface area contributed by atoms with Gasteiger partial charge in [-0.3, -0.25) is 0 Å². The van der Waals surface area contributed by atoms with Gasteiger partial charge in [-0.2, -0.15) is 0 Å². The number of para-hydroxylation sites is 1. The molecule has 0 saturated carbocycles. The average Bonchev–Trinajstić information content (AvgIpc) is 2.85. The molecule has 0 bridgehead atoms. The number of nitrogens with two attached hydrogens (primary N) is 1. The van der Waals surface area contributed by atoms with Crippen molar-refractivity contribution in [1.82, 2.24) is 0 Å². The summed E-state index contributed by atoms with van der Waals surface area (Å²) in [5.41, 5.74) is 6.40. The number of alkyl halides is 3. The normalized spacial score (nSPS) is 13.2. The number of halogens is 3. The second kappa shape index (κ2) is 5.85. The predicted molar refractivity (Wildman–Crippen MR) is 72.9 cm³/mol. The van der Waals surface area contributed by atoms with Crippen LogP contribution < -0.4 is 10.5 Å². The van der Waals surface area contributed by atoms with Gasteiger partial charge in [0.15, 0.2) is 0 Å². The van der Waals surface area contributed by atoms with E-state index in [0.29, 0.717) is 5.56 Å². The number of hydrogen-bond donors (Lipinski definition) is 1. The largest absolute Gasteiger partial charge is 0.573 e. The van der Waals surface area contributed by atoms with Crippen molar-refractivity contribution < 1.29 is 17.9 Å². The quantitative estimate of drug-likeness (QED) is 0.916. The van der Waals surface area contributed by atoms with Gasteiger partial charge in [-0.05, 0) is 24.6 Å². The molecule has 0 saturated heterocycles. The fraction of sp³-hybridized carbons (Fsp3) is 0.286. The average molecular weight is 301 g/mol. The van der Waals surface area contributed by atoms with E-state index in [2.05, 4.69) is 4.74 Å². The topological polar surface area (TPSA) is 35.2 Å². The summed E-state index contributed by atoms with van der Waals surface area (Å²) in [4.78, 5) is 1.96. The molecule has 0 fully saturated rings. The van der Waals surface area contributed by atoms with E-state index in [1.165, 1.54) is 23.5 Å². The summed E-state index contributed by atoms with van der Waals surface area (Å²) in [5.74, 6) is -0.251. The Hall–Kier alpha value is -1.53. The molecule has 1 atom stereocenters. The summed E-state index contributed by atoms with van der Waals surface area (Å²) >= 11 is 1.50. The lowest BCUT2D eigenvalue weighted by Gasteiger charge is -2.17. The lowest BCUT2D eigenvalue weighted by molar-refractivity contribution is -0.274. The molecular formula is C14H14F3NOS. The highest BCUT2D eigenvalue weighted by Gasteiger charge is 2.32. The Morgan fingerprint density at radius 2 is 1.90 bits per heavy atom. The van der Waals surface area contributed by atoms with Gasteiger partial charge >= 0.3 is 6.36 Å². The Morgan fingerprint density at radius 1 is 1.20 bits per heavy atom. The smallest absolute Gasteiger partial charge is 0.405 e. The monoisotopic (exact) mass is 301 g/mol. The third kappa shape index (κ3) is 3.52. The zero-order valence-electron chi connectivity index (χ0n) is 10.8. The highest BCUT2D eigenvalue weighted by Crippen LogP contribution is 2.34. The lowest BCUT2D eigenvalue weighted by atomic mass is 10.1. The first-order valence-electron chi connectivity index (χ1n) is 6.09. The maximum atomic E-state index is 12.4. The van der Waals surface area contributed by atoms with Gasteiger partial charge in [0.25, 0.3) is 0 Å². The molecule has 1 aromatic carbocycles. The van der Waals surface area contributed by atoms with Gasteiger partial charge in [0.2, 0.25) is 0 Å². The van der Waals surface area contributed by atoms with Crippen LogP contribution in [0.1, 0.15) is 28.3 Å². The van der Waals surface area contributed by atoms with Crippen LogP contribution >= 0.6 is 11.3 Å². The maximum absolute atomic E-state index is 12.4. The summed E-state index contributed by atoms with van der Waals surface area (Å²) in [5, 5.41) is 0. The molecule has 1 heterocycles. The molecular weight excluding hydrogens is 287 g/mol. The van der Waals surface area contributed by atoms with Crippen LogP contribution in [0.15, 0.2) is 36.4 Å². The van der Waals surface area contributed by atoms with Gasteiger partial charge in [-0.15, -0.1) is 24.5 Å². The van der Waals surface area contributed by atoms with Crippen LogP contribution in [-0.4, -0.2) is 6.36 Å². The minimum atomic E-state index is -4.72. The molecule has 6 heteroatoms. The van der Waals surface area contributed by atoms with E-state index < -0.39 is 12.4 Å². The van der Waals surface area contributed by atoms with E-state index in [0.717, 1.165) is 16.2 Å². The van der Waals surface area contributed by atoms with Crippen molar-refractivity contribution >= 4 is 11.3 Å². The minimum Gasteiger partial charge on any atom is -0.405 e. The standard InChI is InChI=1S/C14H14F3NOS/c1-2-9-7-8-12(20-9)13(18)10-5-3-4-6-11(10)19-14(15,16)17/h3-8,13H,2,18H2,1H3. The van der Waals surface area contributed by atoms with Gasteiger partial charge in [-0.1, -0.05) is 25.1 Å². The van der Waals surface area contributed by atoms with E-state index in [1.807, 2.05) is 19.1 Å². The second-order valence-corrected chi connectivity index (χ2v) is 5.42. The molecule has 0 amide bonds.